The second kappa shape index (κ2) is 7.88. The van der Waals surface area contributed by atoms with Crippen molar-refractivity contribution in [1.29, 1.82) is 0 Å². The van der Waals surface area contributed by atoms with E-state index in [9.17, 15) is 9.90 Å². The number of carboxylic acids is 1. The highest BCUT2D eigenvalue weighted by atomic mass is 32.2. The Morgan fingerprint density at radius 3 is 2.85 bits per heavy atom. The van der Waals surface area contributed by atoms with Gasteiger partial charge in [0.1, 0.15) is 11.5 Å². The quantitative estimate of drug-likeness (QED) is 0.535. The predicted molar refractivity (Wildman–Crippen MR) is 99.8 cm³/mol. The van der Waals surface area contributed by atoms with E-state index in [0.717, 1.165) is 36.2 Å². The second-order valence-corrected chi connectivity index (χ2v) is 8.39. The molecule has 0 amide bonds. The van der Waals surface area contributed by atoms with Crippen LogP contribution in [0.2, 0.25) is 0 Å². The third kappa shape index (κ3) is 4.26. The van der Waals surface area contributed by atoms with E-state index in [4.69, 9.17) is 4.42 Å². The van der Waals surface area contributed by atoms with Crippen LogP contribution >= 0.6 is 11.8 Å². The summed E-state index contributed by atoms with van der Waals surface area (Å²) in [6, 6.07) is 3.93. The molecule has 0 spiro atoms. The molecule has 27 heavy (non-hydrogen) atoms. The molecule has 7 nitrogen and oxygen atoms in total. The maximum atomic E-state index is 10.8. The fourth-order valence-electron chi connectivity index (χ4n) is 3.68. The average molecular weight is 387 g/mol. The van der Waals surface area contributed by atoms with Crippen molar-refractivity contribution in [1.82, 2.24) is 14.9 Å². The lowest BCUT2D eigenvalue weighted by Crippen LogP contribution is -2.24. The van der Waals surface area contributed by atoms with Crippen LogP contribution in [0.5, 0.6) is 0 Å². The van der Waals surface area contributed by atoms with Gasteiger partial charge in [0, 0.05) is 17.6 Å². The molecule has 0 aromatic carbocycles. The molecule has 0 N–H and O–H groups in total. The van der Waals surface area contributed by atoms with Crippen LogP contribution in [0.4, 0.5) is 0 Å². The smallest absolute Gasteiger partial charge is 0.212 e. The first-order valence-corrected chi connectivity index (χ1v) is 10.5. The van der Waals surface area contributed by atoms with Gasteiger partial charge in [0.25, 0.3) is 0 Å². The molecular weight excluding hydrogens is 364 g/mol. The first-order valence-electron chi connectivity index (χ1n) is 9.54. The average Bonchev–Trinajstić information content (AvgIpc) is 3.08. The molecule has 0 saturated heterocycles. The number of thioether (sulfide) groups is 1. The lowest BCUT2D eigenvalue weighted by atomic mass is 9.89. The van der Waals surface area contributed by atoms with Crippen LogP contribution < -0.4 is 5.11 Å². The minimum atomic E-state index is -1.13. The van der Waals surface area contributed by atoms with Crippen molar-refractivity contribution in [3.8, 4) is 0 Å². The third-order valence-corrected chi connectivity index (χ3v) is 6.24. The van der Waals surface area contributed by atoms with Crippen molar-refractivity contribution < 1.29 is 14.3 Å². The molecule has 2 aromatic heterocycles. The zero-order valence-electron chi connectivity index (χ0n) is 15.3. The van der Waals surface area contributed by atoms with Crippen molar-refractivity contribution in [2.45, 2.75) is 62.4 Å². The summed E-state index contributed by atoms with van der Waals surface area (Å²) in [6.07, 6.45) is 8.54. The Bertz CT molecular complexity index is 838. The number of hydrogen-bond donors (Lipinski definition) is 0. The molecule has 2 saturated carbocycles. The third-order valence-electron chi connectivity index (χ3n) is 5.35. The van der Waals surface area contributed by atoms with E-state index in [1.165, 1.54) is 25.7 Å². The van der Waals surface area contributed by atoms with Gasteiger partial charge in [0.2, 0.25) is 5.16 Å². The Morgan fingerprint density at radius 1 is 1.37 bits per heavy atom. The molecule has 2 heterocycles. The van der Waals surface area contributed by atoms with Gasteiger partial charge < -0.3 is 14.3 Å². The highest BCUT2D eigenvalue weighted by Gasteiger charge is 2.36. The lowest BCUT2D eigenvalue weighted by molar-refractivity contribution is -0.301. The van der Waals surface area contributed by atoms with Crippen LogP contribution in [0.3, 0.4) is 0 Å². The number of carboxylic acid groups (broad SMARTS) is 1. The molecule has 144 valence electrons. The maximum absolute atomic E-state index is 10.8. The first kappa shape index (κ1) is 18.3. The van der Waals surface area contributed by atoms with Crippen LogP contribution in [0, 0.1) is 5.92 Å². The minimum absolute atomic E-state index is 0.178. The van der Waals surface area contributed by atoms with Crippen molar-refractivity contribution in [3.05, 3.63) is 29.5 Å². The minimum Gasteiger partial charge on any atom is -0.549 e. The second-order valence-electron chi connectivity index (χ2n) is 7.45. The van der Waals surface area contributed by atoms with Gasteiger partial charge in [-0.1, -0.05) is 37.9 Å². The summed E-state index contributed by atoms with van der Waals surface area (Å²) in [5.74, 6) is 2.69. The van der Waals surface area contributed by atoms with Gasteiger partial charge in [-0.3, -0.25) is 0 Å². The number of hydrogen-bond acceptors (Lipinski definition) is 7. The largest absolute Gasteiger partial charge is 0.549 e. The topological polar surface area (TPSA) is 96.3 Å². The molecule has 8 heteroatoms. The number of carbonyl (C=O) groups is 1. The molecule has 2 fully saturated rings. The van der Waals surface area contributed by atoms with E-state index in [0.29, 0.717) is 28.7 Å². The summed E-state index contributed by atoms with van der Waals surface area (Å²) in [5.41, 5.74) is 0. The van der Waals surface area contributed by atoms with Crippen LogP contribution in [0.1, 0.15) is 74.6 Å². The monoisotopic (exact) mass is 387 g/mol. The standard InChI is InChI=1S/C19H24N4O3S/c1-12-9-15(12)16-8-7-14(26-16)10-20-23-18(13-5-3-2-4-6-13)21-22-19(23)27-11-17(24)25/h7-8,10,12-13,15H,2-6,9,11H2,1H3,(H,24,25)/p-1/b20-10-/t12-,15+/m1/s1. The molecule has 0 radical (unpaired) electrons. The molecule has 2 aliphatic rings. The Morgan fingerprint density at radius 2 is 2.15 bits per heavy atom. The zero-order valence-corrected chi connectivity index (χ0v) is 16.2. The Balaban J connectivity index is 1.56. The Kier molecular flexibility index (Phi) is 5.33. The lowest BCUT2D eigenvalue weighted by Gasteiger charge is -2.20. The van der Waals surface area contributed by atoms with Gasteiger partial charge in [-0.05, 0) is 37.3 Å². The van der Waals surface area contributed by atoms with E-state index in [1.807, 2.05) is 12.1 Å². The summed E-state index contributed by atoms with van der Waals surface area (Å²) < 4.78 is 7.56. The highest BCUT2D eigenvalue weighted by Crippen LogP contribution is 2.47. The van der Waals surface area contributed by atoms with Crippen LogP contribution in [0.25, 0.3) is 0 Å². The number of nitrogens with zero attached hydrogens (tertiary/aromatic N) is 4. The van der Waals surface area contributed by atoms with Gasteiger partial charge in [-0.25, -0.2) is 0 Å². The molecule has 0 unspecified atom stereocenters. The van der Waals surface area contributed by atoms with Gasteiger partial charge in [0.05, 0.1) is 12.2 Å². The van der Waals surface area contributed by atoms with E-state index in [-0.39, 0.29) is 5.75 Å². The normalized spacial score (nSPS) is 23.1. The summed E-state index contributed by atoms with van der Waals surface area (Å²) in [4.78, 5) is 10.8. The number of furan rings is 1. The number of rotatable bonds is 7. The van der Waals surface area contributed by atoms with Gasteiger partial charge >= 0.3 is 0 Å². The summed E-state index contributed by atoms with van der Waals surface area (Å²) >= 11 is 1.08. The van der Waals surface area contributed by atoms with E-state index < -0.39 is 5.97 Å². The summed E-state index contributed by atoms with van der Waals surface area (Å²) in [5, 5.41) is 24.3. The first-order chi connectivity index (χ1) is 13.1. The Hall–Kier alpha value is -2.09. The maximum Gasteiger partial charge on any atom is 0.212 e. The van der Waals surface area contributed by atoms with Crippen LogP contribution in [0.15, 0.2) is 26.8 Å². The van der Waals surface area contributed by atoms with Crippen LogP contribution in [-0.2, 0) is 4.79 Å². The molecule has 2 aliphatic carbocycles. The summed E-state index contributed by atoms with van der Waals surface area (Å²) in [6.45, 7) is 2.22. The van der Waals surface area contributed by atoms with E-state index in [1.54, 1.807) is 10.9 Å². The van der Waals surface area contributed by atoms with Gasteiger partial charge in [0.15, 0.2) is 5.82 Å². The molecule has 2 atom stereocenters. The predicted octanol–water partition coefficient (Wildman–Crippen LogP) is 2.77. The van der Waals surface area contributed by atoms with Gasteiger partial charge in [-0.2, -0.15) is 9.78 Å². The number of carbonyl (C=O) groups excluding carboxylic acids is 1. The molecule has 0 bridgehead atoms. The van der Waals surface area contributed by atoms with Crippen molar-refractivity contribution >= 4 is 23.9 Å². The molecular formula is C19H23N4O3S-. The Labute approximate surface area is 162 Å². The molecule has 0 aliphatic heterocycles. The van der Waals surface area contributed by atoms with Crippen LogP contribution in [-0.4, -0.2) is 32.8 Å². The summed E-state index contributed by atoms with van der Waals surface area (Å²) in [7, 11) is 0. The van der Waals surface area contributed by atoms with Crippen molar-refractivity contribution in [3.63, 3.8) is 0 Å². The molecule has 2 aromatic rings. The fraction of sp³-hybridized carbons (Fsp3) is 0.579. The number of aliphatic carboxylic acids is 1. The van der Waals surface area contributed by atoms with E-state index >= 15 is 0 Å². The fourth-order valence-corrected chi connectivity index (χ4v) is 4.29. The highest BCUT2D eigenvalue weighted by molar-refractivity contribution is 7.99. The van der Waals surface area contributed by atoms with Crippen molar-refractivity contribution in [2.24, 2.45) is 11.0 Å². The van der Waals surface area contributed by atoms with E-state index in [2.05, 4.69) is 22.2 Å². The SMILES string of the molecule is C[C@@H]1C[C@@H]1c1ccc(/C=N\n2c(SCC(=O)[O-])nnc2C2CCCCC2)o1. The number of aromatic nitrogens is 3. The van der Waals surface area contributed by atoms with Crippen molar-refractivity contribution in [2.75, 3.05) is 5.75 Å². The molecule has 4 rings (SSSR count). The zero-order chi connectivity index (χ0) is 18.8. The van der Waals surface area contributed by atoms with Gasteiger partial charge in [-0.15, -0.1) is 10.2 Å².